The van der Waals surface area contributed by atoms with Crippen molar-refractivity contribution in [1.29, 1.82) is 0 Å². The van der Waals surface area contributed by atoms with Crippen molar-refractivity contribution >= 4 is 27.8 Å². The van der Waals surface area contributed by atoms with E-state index in [9.17, 15) is 0 Å². The number of rotatable bonds is 5. The molecule has 1 heteroatoms. The van der Waals surface area contributed by atoms with Crippen LogP contribution in [0.25, 0.3) is 55.3 Å². The minimum atomic E-state index is 0.0190. The van der Waals surface area contributed by atoms with E-state index in [1.165, 1.54) is 129 Å². The molecule has 0 radical (unpaired) electrons. The van der Waals surface area contributed by atoms with Gasteiger partial charge in [0.2, 0.25) is 0 Å². The van der Waals surface area contributed by atoms with Crippen molar-refractivity contribution < 1.29 is 0 Å². The Morgan fingerprint density at radius 2 is 1.06 bits per heavy atom. The van der Waals surface area contributed by atoms with Crippen LogP contribution in [0, 0.1) is 23.7 Å². The number of hydrogen-bond acceptors (Lipinski definition) is 1. The summed E-state index contributed by atoms with van der Waals surface area (Å²) < 4.78 is 0. The van der Waals surface area contributed by atoms with E-state index in [1.807, 2.05) is 0 Å². The van der Waals surface area contributed by atoms with Gasteiger partial charge in [-0.1, -0.05) is 166 Å². The van der Waals surface area contributed by atoms with Gasteiger partial charge >= 0.3 is 0 Å². The quantitative estimate of drug-likeness (QED) is 0.167. The predicted octanol–water partition coefficient (Wildman–Crippen LogP) is 16.8. The Morgan fingerprint density at radius 1 is 0.429 bits per heavy atom. The van der Waals surface area contributed by atoms with Gasteiger partial charge < -0.3 is 4.90 Å². The van der Waals surface area contributed by atoms with Gasteiger partial charge in [0, 0.05) is 27.6 Å². The van der Waals surface area contributed by atoms with Gasteiger partial charge in [0.05, 0.1) is 5.69 Å². The minimum Gasteiger partial charge on any atom is -0.310 e. The maximum atomic E-state index is 2.63. The molecule has 0 amide bonds. The zero-order valence-corrected chi connectivity index (χ0v) is 36.7. The van der Waals surface area contributed by atoms with Gasteiger partial charge in [-0.2, -0.15) is 0 Å². The van der Waals surface area contributed by atoms with E-state index in [4.69, 9.17) is 0 Å². The SMILES string of the molecule is C[C@@H]1CC2C[C@@H](C1)[C@@]1(c3ccccc3-c3ccc(N(c4ccc(-c5ccccc5)cc4)c4cccc5c(-c6ccc7c(c6)-c6ccccc6C76CCCC6)cccc45)cc31)[C@@H](C)C2. The van der Waals surface area contributed by atoms with E-state index in [2.05, 4.69) is 195 Å². The number of benzene rings is 8. The number of anilines is 3. The molecule has 5 atom stereocenters. The van der Waals surface area contributed by atoms with Gasteiger partial charge in [0.15, 0.2) is 0 Å². The van der Waals surface area contributed by atoms with E-state index in [0.29, 0.717) is 11.8 Å². The first-order chi connectivity index (χ1) is 31.0. The molecule has 0 N–H and O–H groups in total. The van der Waals surface area contributed by atoms with Crippen LogP contribution in [0.5, 0.6) is 0 Å². The summed E-state index contributed by atoms with van der Waals surface area (Å²) in [6.45, 7) is 5.11. The van der Waals surface area contributed by atoms with E-state index in [1.54, 1.807) is 16.7 Å². The second kappa shape index (κ2) is 14.2. The summed E-state index contributed by atoms with van der Waals surface area (Å²) in [5.74, 6) is 2.83. The smallest absolute Gasteiger partial charge is 0.0540 e. The van der Waals surface area contributed by atoms with E-state index >= 15 is 0 Å². The van der Waals surface area contributed by atoms with Gasteiger partial charge in [-0.05, 0) is 171 Å². The average Bonchev–Trinajstić information content (AvgIpc) is 4.01. The molecule has 63 heavy (non-hydrogen) atoms. The number of hydrogen-bond donors (Lipinski definition) is 0. The molecule has 308 valence electrons. The molecular formula is C62H55N. The topological polar surface area (TPSA) is 3.24 Å². The Kier molecular flexibility index (Phi) is 8.41. The average molecular weight is 814 g/mol. The van der Waals surface area contributed by atoms with Gasteiger partial charge in [-0.3, -0.25) is 0 Å². The Labute approximate surface area is 373 Å². The summed E-state index contributed by atoms with van der Waals surface area (Å²) in [7, 11) is 0. The fraction of sp³-hybridized carbons (Fsp3) is 0.258. The molecule has 2 spiro atoms. The molecule has 2 bridgehead atoms. The molecule has 1 unspecified atom stereocenters. The monoisotopic (exact) mass is 813 g/mol. The van der Waals surface area contributed by atoms with Crippen LogP contribution in [-0.4, -0.2) is 0 Å². The zero-order chi connectivity index (χ0) is 41.9. The second-order valence-corrected chi connectivity index (χ2v) is 20.2. The van der Waals surface area contributed by atoms with Crippen LogP contribution in [0.2, 0.25) is 0 Å². The zero-order valence-electron chi connectivity index (χ0n) is 36.7. The molecule has 3 fully saturated rings. The number of nitrogens with zero attached hydrogens (tertiary/aromatic N) is 1. The van der Waals surface area contributed by atoms with Crippen LogP contribution in [0.15, 0.2) is 176 Å². The first-order valence-corrected chi connectivity index (χ1v) is 24.0. The molecule has 5 aliphatic carbocycles. The van der Waals surface area contributed by atoms with Crippen molar-refractivity contribution in [2.75, 3.05) is 4.90 Å². The van der Waals surface area contributed by atoms with Crippen molar-refractivity contribution in [2.45, 2.75) is 76.0 Å². The fourth-order valence-corrected chi connectivity index (χ4v) is 14.6. The van der Waals surface area contributed by atoms with Gasteiger partial charge in [0.1, 0.15) is 0 Å². The summed E-state index contributed by atoms with van der Waals surface area (Å²) >= 11 is 0. The minimum absolute atomic E-state index is 0.0190. The number of fused-ring (bicyclic) bond motifs is 14. The van der Waals surface area contributed by atoms with Crippen molar-refractivity contribution in [2.24, 2.45) is 23.7 Å². The van der Waals surface area contributed by atoms with Crippen LogP contribution >= 0.6 is 0 Å². The normalized spacial score (nSPS) is 23.4. The molecule has 5 aliphatic rings. The molecule has 8 aromatic carbocycles. The molecular weight excluding hydrogens is 759 g/mol. The Hall–Kier alpha value is -6.18. The van der Waals surface area contributed by atoms with Crippen molar-refractivity contribution in [3.8, 4) is 44.5 Å². The molecule has 0 saturated heterocycles. The summed E-state index contributed by atoms with van der Waals surface area (Å²) in [5.41, 5.74) is 20.9. The summed E-state index contributed by atoms with van der Waals surface area (Å²) in [6.07, 6.45) is 10.5. The lowest BCUT2D eigenvalue weighted by Gasteiger charge is -2.54. The highest BCUT2D eigenvalue weighted by molar-refractivity contribution is 6.06. The Morgan fingerprint density at radius 3 is 1.89 bits per heavy atom. The van der Waals surface area contributed by atoms with Crippen molar-refractivity contribution in [3.05, 3.63) is 198 Å². The molecule has 13 rings (SSSR count). The molecule has 0 heterocycles. The summed E-state index contributed by atoms with van der Waals surface area (Å²) in [4.78, 5) is 2.57. The summed E-state index contributed by atoms with van der Waals surface area (Å²) in [6, 6.07) is 67.8. The van der Waals surface area contributed by atoms with E-state index < -0.39 is 0 Å². The van der Waals surface area contributed by atoms with Crippen LogP contribution in [0.4, 0.5) is 17.1 Å². The van der Waals surface area contributed by atoms with Gasteiger partial charge in [-0.25, -0.2) is 0 Å². The van der Waals surface area contributed by atoms with Crippen LogP contribution in [-0.2, 0) is 10.8 Å². The highest BCUT2D eigenvalue weighted by Crippen LogP contribution is 2.65. The molecule has 8 aromatic rings. The van der Waals surface area contributed by atoms with Crippen LogP contribution in [0.1, 0.15) is 87.5 Å². The van der Waals surface area contributed by atoms with E-state index in [0.717, 1.165) is 11.8 Å². The van der Waals surface area contributed by atoms with Crippen molar-refractivity contribution in [3.63, 3.8) is 0 Å². The van der Waals surface area contributed by atoms with Crippen molar-refractivity contribution in [1.82, 2.24) is 0 Å². The molecule has 1 nitrogen and oxygen atoms in total. The third-order valence-electron chi connectivity index (χ3n) is 16.9. The predicted molar refractivity (Wildman–Crippen MR) is 264 cm³/mol. The Balaban J connectivity index is 0.994. The first kappa shape index (κ1) is 37.4. The third kappa shape index (κ3) is 5.41. The highest BCUT2D eigenvalue weighted by atomic mass is 15.1. The first-order valence-electron chi connectivity index (χ1n) is 24.0. The standard InChI is InChI=1S/C62H55N/c1-40-34-42-36-41(2)62(46(35-40)37-42)58-22-9-7-16-51(58)53-30-29-48(39-59(53)62)63(47-27-24-44(25-28-47)43-14-4-3-5-15-43)60-23-13-19-50-49(18-12-20-54(50)60)45-26-31-57-55(38-45)52-17-6-8-21-56(52)61(57)32-10-11-33-61/h3-9,12-31,38-42,46H,10-11,32-37H2,1-2H3/t40-,41+,42?,46-,62-/m1/s1. The van der Waals surface area contributed by atoms with Crippen LogP contribution < -0.4 is 4.90 Å². The highest BCUT2D eigenvalue weighted by Gasteiger charge is 2.56. The fourth-order valence-electron chi connectivity index (χ4n) is 14.6. The second-order valence-electron chi connectivity index (χ2n) is 20.2. The van der Waals surface area contributed by atoms with Gasteiger partial charge in [-0.15, -0.1) is 0 Å². The maximum absolute atomic E-state index is 2.63. The third-order valence-corrected chi connectivity index (χ3v) is 16.9. The molecule has 0 aliphatic heterocycles. The van der Waals surface area contributed by atoms with Gasteiger partial charge in [0.25, 0.3) is 0 Å². The molecule has 3 saturated carbocycles. The lowest BCUT2D eigenvalue weighted by atomic mass is 9.49. The molecule has 0 aromatic heterocycles. The van der Waals surface area contributed by atoms with Crippen LogP contribution in [0.3, 0.4) is 0 Å². The van der Waals surface area contributed by atoms with E-state index in [-0.39, 0.29) is 10.8 Å². The largest absolute Gasteiger partial charge is 0.310 e. The summed E-state index contributed by atoms with van der Waals surface area (Å²) in [5, 5.41) is 2.56. The lowest BCUT2D eigenvalue weighted by molar-refractivity contribution is 0.0426. The lowest BCUT2D eigenvalue weighted by Crippen LogP contribution is -2.49. The Bertz CT molecular complexity index is 3070. The maximum Gasteiger partial charge on any atom is 0.0540 e.